The minimum atomic E-state index is -0.522. The Labute approximate surface area is 147 Å². The first-order chi connectivity index (χ1) is 12.6. The molecule has 4 aromatic rings. The molecule has 0 fully saturated rings. The van der Waals surface area contributed by atoms with Gasteiger partial charge in [-0.25, -0.2) is 9.67 Å². The molecule has 0 aliphatic carbocycles. The lowest BCUT2D eigenvalue weighted by atomic mass is 10.2. The van der Waals surface area contributed by atoms with Gasteiger partial charge in [0.05, 0.1) is 17.9 Å². The predicted molar refractivity (Wildman–Crippen MR) is 93.0 cm³/mol. The average molecular weight is 350 g/mol. The lowest BCUT2D eigenvalue weighted by molar-refractivity contribution is -0.391. The first-order valence-electron chi connectivity index (χ1n) is 7.85. The zero-order chi connectivity index (χ0) is 18.1. The molecule has 0 aliphatic rings. The second-order valence-corrected chi connectivity index (χ2v) is 5.65. The highest BCUT2D eigenvalue weighted by molar-refractivity contribution is 5.48. The molecule has 0 aliphatic heterocycles. The number of aromatic nitrogens is 6. The van der Waals surface area contributed by atoms with Gasteiger partial charge in [-0.2, -0.15) is 0 Å². The maximum absolute atomic E-state index is 11.0. The Kier molecular flexibility index (Phi) is 3.77. The first-order valence-corrected chi connectivity index (χ1v) is 7.85. The number of rotatable bonds is 5. The fourth-order valence-electron chi connectivity index (χ4n) is 2.54. The first kappa shape index (κ1) is 15.7. The second kappa shape index (κ2) is 6.24. The van der Waals surface area contributed by atoms with Gasteiger partial charge in [0.2, 0.25) is 5.65 Å². The largest absolute Gasteiger partial charge is 0.368 e. The van der Waals surface area contributed by atoms with Gasteiger partial charge in [-0.15, -0.1) is 5.10 Å². The van der Waals surface area contributed by atoms with Crippen molar-refractivity contribution >= 4 is 17.3 Å². The molecule has 130 valence electrons. The fourth-order valence-corrected chi connectivity index (χ4v) is 2.54. The molecule has 0 saturated carbocycles. The zero-order valence-electron chi connectivity index (χ0n) is 13.7. The van der Waals surface area contributed by atoms with E-state index in [0.717, 1.165) is 11.4 Å². The van der Waals surface area contributed by atoms with Crippen molar-refractivity contribution in [3.05, 3.63) is 70.7 Å². The van der Waals surface area contributed by atoms with E-state index in [0.29, 0.717) is 11.5 Å². The molecule has 1 atom stereocenters. The maximum Gasteiger partial charge on any atom is 0.368 e. The summed E-state index contributed by atoms with van der Waals surface area (Å²) in [4.78, 5) is 14.5. The van der Waals surface area contributed by atoms with Gasteiger partial charge in [-0.3, -0.25) is 0 Å². The summed E-state index contributed by atoms with van der Waals surface area (Å²) in [6, 6.07) is 12.8. The minimum absolute atomic E-state index is 0.189. The molecule has 10 nitrogen and oxygen atoms in total. The molecule has 3 aromatic heterocycles. The number of para-hydroxylation sites is 1. The monoisotopic (exact) mass is 350 g/mol. The highest BCUT2D eigenvalue weighted by Crippen LogP contribution is 2.19. The van der Waals surface area contributed by atoms with Gasteiger partial charge in [-0.1, -0.05) is 33.0 Å². The molecular formula is C16H14N8O2. The third-order valence-corrected chi connectivity index (χ3v) is 3.87. The van der Waals surface area contributed by atoms with Crippen molar-refractivity contribution in [3.8, 4) is 5.69 Å². The molecule has 4 rings (SSSR count). The topological polar surface area (TPSA) is 116 Å². The SMILES string of the molecule is CC(Nc1ccc2ncc([N+](=O)[O-])n2n1)c1cn(-c2ccccc2)nn1. The van der Waals surface area contributed by atoms with Crippen molar-refractivity contribution in [3.63, 3.8) is 0 Å². The van der Waals surface area contributed by atoms with Gasteiger partial charge in [0.15, 0.2) is 5.82 Å². The van der Waals surface area contributed by atoms with Crippen molar-refractivity contribution in [2.75, 3.05) is 5.32 Å². The van der Waals surface area contributed by atoms with Crippen LogP contribution >= 0.6 is 0 Å². The van der Waals surface area contributed by atoms with Crippen LogP contribution in [0.1, 0.15) is 18.7 Å². The number of hydrogen-bond acceptors (Lipinski definition) is 7. The molecular weight excluding hydrogens is 336 g/mol. The number of anilines is 1. The smallest absolute Gasteiger partial charge is 0.359 e. The number of nitrogens with zero attached hydrogens (tertiary/aromatic N) is 7. The Bertz CT molecular complexity index is 1070. The number of nitro groups is 1. The van der Waals surface area contributed by atoms with E-state index in [-0.39, 0.29) is 11.9 Å². The lowest BCUT2D eigenvalue weighted by Crippen LogP contribution is -2.10. The van der Waals surface area contributed by atoms with E-state index >= 15 is 0 Å². The van der Waals surface area contributed by atoms with E-state index < -0.39 is 4.92 Å². The molecule has 1 aromatic carbocycles. The molecule has 26 heavy (non-hydrogen) atoms. The maximum atomic E-state index is 11.0. The Morgan fingerprint density at radius 3 is 2.77 bits per heavy atom. The number of fused-ring (bicyclic) bond motifs is 1. The Hall–Kier alpha value is -3.82. The quantitative estimate of drug-likeness (QED) is 0.434. The van der Waals surface area contributed by atoms with E-state index in [1.165, 1.54) is 10.7 Å². The van der Waals surface area contributed by atoms with E-state index in [4.69, 9.17) is 0 Å². The zero-order valence-corrected chi connectivity index (χ0v) is 13.7. The summed E-state index contributed by atoms with van der Waals surface area (Å²) in [5, 5.41) is 26.7. The average Bonchev–Trinajstić information content (AvgIpc) is 3.29. The van der Waals surface area contributed by atoms with Crippen LogP contribution in [0.2, 0.25) is 0 Å². The summed E-state index contributed by atoms with van der Waals surface area (Å²) in [6.07, 6.45) is 3.01. The third kappa shape index (κ3) is 2.83. The van der Waals surface area contributed by atoms with Crippen molar-refractivity contribution < 1.29 is 4.92 Å². The molecule has 1 N–H and O–H groups in total. The summed E-state index contributed by atoms with van der Waals surface area (Å²) >= 11 is 0. The highest BCUT2D eigenvalue weighted by atomic mass is 16.6. The van der Waals surface area contributed by atoms with Gasteiger partial charge < -0.3 is 15.4 Å². The van der Waals surface area contributed by atoms with Gasteiger partial charge in [0.25, 0.3) is 0 Å². The second-order valence-electron chi connectivity index (χ2n) is 5.65. The number of benzene rings is 1. The highest BCUT2D eigenvalue weighted by Gasteiger charge is 2.17. The normalized spacial score (nSPS) is 12.2. The summed E-state index contributed by atoms with van der Waals surface area (Å²) in [5.74, 6) is 0.284. The Morgan fingerprint density at radius 1 is 1.19 bits per heavy atom. The molecule has 0 bridgehead atoms. The lowest BCUT2D eigenvalue weighted by Gasteiger charge is -2.10. The Balaban J connectivity index is 1.57. The van der Waals surface area contributed by atoms with Crippen molar-refractivity contribution in [1.82, 2.24) is 29.6 Å². The van der Waals surface area contributed by atoms with E-state index in [1.807, 2.05) is 43.5 Å². The predicted octanol–water partition coefficient (Wildman–Crippen LogP) is 2.39. The summed E-state index contributed by atoms with van der Waals surface area (Å²) in [6.45, 7) is 1.91. The van der Waals surface area contributed by atoms with E-state index in [1.54, 1.807) is 16.8 Å². The van der Waals surface area contributed by atoms with Crippen LogP contribution in [0, 0.1) is 10.1 Å². The minimum Gasteiger partial charge on any atom is -0.359 e. The molecule has 0 amide bonds. The fraction of sp³-hybridized carbons (Fsp3) is 0.125. The van der Waals surface area contributed by atoms with Crippen LogP contribution in [0.3, 0.4) is 0 Å². The van der Waals surface area contributed by atoms with Gasteiger partial charge in [-0.05, 0) is 30.0 Å². The molecule has 0 spiro atoms. The van der Waals surface area contributed by atoms with Crippen LogP contribution < -0.4 is 5.32 Å². The van der Waals surface area contributed by atoms with Crippen LogP contribution in [-0.4, -0.2) is 34.5 Å². The molecule has 0 radical (unpaired) electrons. The summed E-state index contributed by atoms with van der Waals surface area (Å²) < 4.78 is 2.88. The van der Waals surface area contributed by atoms with Crippen LogP contribution in [0.5, 0.6) is 0 Å². The summed E-state index contributed by atoms with van der Waals surface area (Å²) in [7, 11) is 0. The van der Waals surface area contributed by atoms with Crippen molar-refractivity contribution in [2.24, 2.45) is 0 Å². The van der Waals surface area contributed by atoms with Crippen LogP contribution in [0.15, 0.2) is 54.9 Å². The van der Waals surface area contributed by atoms with Gasteiger partial charge >= 0.3 is 5.82 Å². The van der Waals surface area contributed by atoms with Crippen molar-refractivity contribution in [1.29, 1.82) is 0 Å². The van der Waals surface area contributed by atoms with E-state index in [2.05, 4.69) is 25.7 Å². The molecule has 10 heteroatoms. The number of hydrogen-bond donors (Lipinski definition) is 1. The van der Waals surface area contributed by atoms with Gasteiger partial charge in [0, 0.05) is 6.07 Å². The van der Waals surface area contributed by atoms with Crippen LogP contribution in [0.25, 0.3) is 11.3 Å². The number of nitrogens with one attached hydrogen (secondary N) is 1. The van der Waals surface area contributed by atoms with E-state index in [9.17, 15) is 10.1 Å². The number of imidazole rings is 1. The molecule has 0 saturated heterocycles. The summed E-state index contributed by atoms with van der Waals surface area (Å²) in [5.41, 5.74) is 2.04. The molecule has 1 unspecified atom stereocenters. The van der Waals surface area contributed by atoms with Gasteiger partial charge in [0.1, 0.15) is 11.9 Å². The Morgan fingerprint density at radius 2 is 2.00 bits per heavy atom. The standard InChI is InChI=1S/C16H14N8O2/c1-11(13-10-22(21-19-13)12-5-3-2-4-6-12)18-14-7-8-15-17-9-16(24(25)26)23(15)20-14/h2-11H,1H3,(H,18,20). The molecule has 3 heterocycles. The van der Waals surface area contributed by atoms with Crippen molar-refractivity contribution in [2.45, 2.75) is 13.0 Å². The van der Waals surface area contributed by atoms with Crippen LogP contribution in [-0.2, 0) is 0 Å². The van der Waals surface area contributed by atoms with Crippen LogP contribution in [0.4, 0.5) is 11.6 Å². The third-order valence-electron chi connectivity index (χ3n) is 3.87.